The van der Waals surface area contributed by atoms with Gasteiger partial charge in [0.2, 0.25) is 0 Å². The lowest BCUT2D eigenvalue weighted by atomic mass is 10.1. The van der Waals surface area contributed by atoms with Crippen LogP contribution in [0, 0.1) is 0 Å². The molecule has 23 heavy (non-hydrogen) atoms. The number of hydrogen-bond acceptors (Lipinski definition) is 4. The molecule has 3 aliphatic heterocycles. The van der Waals surface area contributed by atoms with Crippen molar-refractivity contribution < 1.29 is 0 Å². The number of rotatable bonds is 5. The molecule has 2 bridgehead atoms. The number of hydrogen-bond donors (Lipinski definition) is 2. The zero-order valence-electron chi connectivity index (χ0n) is 13.7. The third-order valence-electron chi connectivity index (χ3n) is 4.37. The summed E-state index contributed by atoms with van der Waals surface area (Å²) in [5, 5.41) is 6.80. The highest BCUT2D eigenvalue weighted by atomic mass is 127. The van der Waals surface area contributed by atoms with Crippen molar-refractivity contribution in [2.24, 2.45) is 4.99 Å². The number of pyridine rings is 1. The molecule has 0 spiro atoms. The summed E-state index contributed by atoms with van der Waals surface area (Å²) in [6, 6.07) is 6.53. The van der Waals surface area contributed by atoms with Gasteiger partial charge in [-0.25, -0.2) is 4.99 Å². The molecular weight excluding hydrogens is 403 g/mol. The van der Waals surface area contributed by atoms with Gasteiger partial charge in [0.05, 0.1) is 12.2 Å². The molecule has 4 rings (SSSR count). The Morgan fingerprint density at radius 3 is 2.70 bits per heavy atom. The number of halogens is 1. The average molecular weight is 430 g/mol. The Hall–Kier alpha value is -0.930. The third kappa shape index (κ3) is 5.29. The standard InChI is InChI=1S/C16H26N6.HI/c1-2-17-16(19-11-14-5-3-4-6-18-14)20-12-15-13-21-7-9-22(15)10-8-21;/h3-6,15H,2,7-13H2,1H3,(H2,17,19,20);1H. The monoisotopic (exact) mass is 430 g/mol. The van der Waals surface area contributed by atoms with Crippen molar-refractivity contribution in [1.29, 1.82) is 0 Å². The Balaban J connectivity index is 0.00000192. The second kappa shape index (κ2) is 9.39. The maximum absolute atomic E-state index is 4.63. The van der Waals surface area contributed by atoms with E-state index < -0.39 is 0 Å². The zero-order chi connectivity index (χ0) is 15.2. The fourth-order valence-electron chi connectivity index (χ4n) is 3.13. The van der Waals surface area contributed by atoms with Gasteiger partial charge < -0.3 is 10.6 Å². The van der Waals surface area contributed by atoms with Crippen LogP contribution in [-0.4, -0.2) is 72.6 Å². The molecule has 1 aromatic rings. The number of guanidine groups is 1. The quantitative estimate of drug-likeness (QED) is 0.411. The third-order valence-corrected chi connectivity index (χ3v) is 4.37. The molecule has 0 amide bonds. The second-order valence-electron chi connectivity index (χ2n) is 5.89. The van der Waals surface area contributed by atoms with E-state index in [9.17, 15) is 0 Å². The van der Waals surface area contributed by atoms with Crippen molar-refractivity contribution in [3.05, 3.63) is 30.1 Å². The minimum absolute atomic E-state index is 0. The van der Waals surface area contributed by atoms with Crippen LogP contribution in [0.4, 0.5) is 0 Å². The smallest absolute Gasteiger partial charge is 0.191 e. The van der Waals surface area contributed by atoms with E-state index in [1.165, 1.54) is 32.7 Å². The molecule has 0 radical (unpaired) electrons. The molecule has 7 heteroatoms. The van der Waals surface area contributed by atoms with E-state index in [0.29, 0.717) is 12.6 Å². The van der Waals surface area contributed by atoms with Crippen LogP contribution in [-0.2, 0) is 6.54 Å². The van der Waals surface area contributed by atoms with Crippen LogP contribution >= 0.6 is 24.0 Å². The van der Waals surface area contributed by atoms with Crippen LogP contribution in [0.15, 0.2) is 29.4 Å². The fourth-order valence-corrected chi connectivity index (χ4v) is 3.13. The molecular formula is C16H27IN6. The fraction of sp³-hybridized carbons (Fsp3) is 0.625. The molecule has 1 atom stereocenters. The first-order valence-corrected chi connectivity index (χ1v) is 8.23. The highest BCUT2D eigenvalue weighted by Crippen LogP contribution is 2.14. The van der Waals surface area contributed by atoms with Gasteiger partial charge in [-0.2, -0.15) is 0 Å². The van der Waals surface area contributed by atoms with E-state index in [2.05, 4.69) is 37.3 Å². The number of aromatic nitrogens is 1. The predicted molar refractivity (Wildman–Crippen MR) is 104 cm³/mol. The molecule has 0 saturated carbocycles. The Morgan fingerprint density at radius 2 is 2.09 bits per heavy atom. The molecule has 0 aliphatic carbocycles. The highest BCUT2D eigenvalue weighted by molar-refractivity contribution is 14.0. The van der Waals surface area contributed by atoms with E-state index in [4.69, 9.17) is 0 Å². The molecule has 1 aromatic heterocycles. The Morgan fingerprint density at radius 1 is 1.26 bits per heavy atom. The van der Waals surface area contributed by atoms with E-state index >= 15 is 0 Å². The summed E-state index contributed by atoms with van der Waals surface area (Å²) in [6.45, 7) is 10.6. The summed E-state index contributed by atoms with van der Waals surface area (Å²) in [4.78, 5) is 14.1. The Labute approximate surface area is 155 Å². The van der Waals surface area contributed by atoms with Crippen LogP contribution in [0.3, 0.4) is 0 Å². The van der Waals surface area contributed by atoms with Crippen molar-refractivity contribution in [2.45, 2.75) is 19.5 Å². The maximum atomic E-state index is 4.63. The summed E-state index contributed by atoms with van der Waals surface area (Å²) in [7, 11) is 0. The van der Waals surface area contributed by atoms with Crippen molar-refractivity contribution in [2.75, 3.05) is 45.8 Å². The normalized spacial score (nSPS) is 26.5. The van der Waals surface area contributed by atoms with E-state index in [1.54, 1.807) is 0 Å². The SMILES string of the molecule is CCNC(=NCc1ccccn1)NCC1CN2CCN1CC2.I. The zero-order valence-corrected chi connectivity index (χ0v) is 16.1. The molecule has 3 aliphatic rings. The first-order valence-electron chi connectivity index (χ1n) is 8.23. The number of aliphatic imine (C=N–C) groups is 1. The minimum Gasteiger partial charge on any atom is -0.357 e. The lowest BCUT2D eigenvalue weighted by molar-refractivity contribution is 0.0154. The molecule has 0 aromatic carbocycles. The maximum Gasteiger partial charge on any atom is 0.191 e. The molecule has 4 heterocycles. The minimum atomic E-state index is 0. The molecule has 3 saturated heterocycles. The van der Waals surface area contributed by atoms with E-state index in [0.717, 1.165) is 24.7 Å². The van der Waals surface area contributed by atoms with Crippen LogP contribution in [0.1, 0.15) is 12.6 Å². The Bertz CT molecular complexity index is 487. The van der Waals surface area contributed by atoms with E-state index in [1.807, 2.05) is 24.4 Å². The van der Waals surface area contributed by atoms with Gasteiger partial charge in [0.1, 0.15) is 0 Å². The average Bonchev–Trinajstić information content (AvgIpc) is 2.59. The van der Waals surface area contributed by atoms with Gasteiger partial charge in [0.15, 0.2) is 5.96 Å². The summed E-state index contributed by atoms with van der Waals surface area (Å²) < 4.78 is 0. The molecule has 128 valence electrons. The largest absolute Gasteiger partial charge is 0.357 e. The van der Waals surface area contributed by atoms with Crippen molar-refractivity contribution in [3.8, 4) is 0 Å². The molecule has 6 nitrogen and oxygen atoms in total. The summed E-state index contributed by atoms with van der Waals surface area (Å²) in [6.07, 6.45) is 1.81. The van der Waals surface area contributed by atoms with Gasteiger partial charge in [-0.1, -0.05) is 6.07 Å². The first-order chi connectivity index (χ1) is 10.8. The van der Waals surface area contributed by atoms with Crippen LogP contribution < -0.4 is 10.6 Å². The van der Waals surface area contributed by atoms with Gasteiger partial charge in [-0.3, -0.25) is 14.8 Å². The number of nitrogens with zero attached hydrogens (tertiary/aromatic N) is 4. The van der Waals surface area contributed by atoms with Crippen LogP contribution in [0.5, 0.6) is 0 Å². The lowest BCUT2D eigenvalue weighted by Crippen LogP contribution is -2.63. The topological polar surface area (TPSA) is 55.8 Å². The number of nitrogens with one attached hydrogen (secondary N) is 2. The second-order valence-corrected chi connectivity index (χ2v) is 5.89. The van der Waals surface area contributed by atoms with Crippen LogP contribution in [0.2, 0.25) is 0 Å². The van der Waals surface area contributed by atoms with Gasteiger partial charge >= 0.3 is 0 Å². The summed E-state index contributed by atoms with van der Waals surface area (Å²) >= 11 is 0. The van der Waals surface area contributed by atoms with Crippen molar-refractivity contribution in [3.63, 3.8) is 0 Å². The van der Waals surface area contributed by atoms with Crippen LogP contribution in [0.25, 0.3) is 0 Å². The number of piperazine rings is 3. The van der Waals surface area contributed by atoms with Crippen molar-refractivity contribution in [1.82, 2.24) is 25.4 Å². The van der Waals surface area contributed by atoms with Gasteiger partial charge in [-0.15, -0.1) is 24.0 Å². The molecule has 3 fully saturated rings. The predicted octanol–water partition coefficient (Wildman–Crippen LogP) is 0.755. The van der Waals surface area contributed by atoms with E-state index in [-0.39, 0.29) is 24.0 Å². The first kappa shape index (κ1) is 18.4. The van der Waals surface area contributed by atoms with Gasteiger partial charge in [0, 0.05) is 58.1 Å². The molecule has 1 unspecified atom stereocenters. The molecule has 2 N–H and O–H groups in total. The van der Waals surface area contributed by atoms with Gasteiger partial charge in [-0.05, 0) is 19.1 Å². The lowest BCUT2D eigenvalue weighted by Gasteiger charge is -2.47. The summed E-state index contributed by atoms with van der Waals surface area (Å²) in [5.74, 6) is 0.880. The number of fused-ring (bicyclic) bond motifs is 3. The van der Waals surface area contributed by atoms with Gasteiger partial charge in [0.25, 0.3) is 0 Å². The van der Waals surface area contributed by atoms with Crippen molar-refractivity contribution >= 4 is 29.9 Å². The summed E-state index contributed by atoms with van der Waals surface area (Å²) in [5.41, 5.74) is 0.992. The highest BCUT2D eigenvalue weighted by Gasteiger charge is 2.31. The Kier molecular flexibility index (Phi) is 7.51.